The molecule has 1 aromatic carbocycles. The molecule has 26 heavy (non-hydrogen) atoms. The molecule has 1 aromatic rings. The summed E-state index contributed by atoms with van der Waals surface area (Å²) in [5.74, 6) is 4.21. The molecule has 0 saturated carbocycles. The van der Waals surface area contributed by atoms with Gasteiger partial charge in [-0.05, 0) is 42.7 Å². The minimum atomic E-state index is -0.234. The van der Waals surface area contributed by atoms with Crippen LogP contribution in [0.2, 0.25) is 0 Å². The number of thioether (sulfide) groups is 2. The number of nitrogens with zero attached hydrogens (tertiary/aromatic N) is 2. The van der Waals surface area contributed by atoms with Gasteiger partial charge in [0.1, 0.15) is 6.04 Å². The smallest absolute Gasteiger partial charge is 0.246 e. The third-order valence-corrected chi connectivity index (χ3v) is 7.67. The van der Waals surface area contributed by atoms with E-state index in [1.807, 2.05) is 9.80 Å². The van der Waals surface area contributed by atoms with Crippen LogP contribution in [0.25, 0.3) is 0 Å². The Balaban J connectivity index is 1.25. The Labute approximate surface area is 164 Å². The minimum absolute atomic E-state index is 0.152. The summed E-state index contributed by atoms with van der Waals surface area (Å²) in [7, 11) is 0. The Morgan fingerprint density at radius 1 is 1.08 bits per heavy atom. The first-order valence-corrected chi connectivity index (χ1v) is 11.8. The van der Waals surface area contributed by atoms with Gasteiger partial charge in [0.05, 0.1) is 11.8 Å². The van der Waals surface area contributed by atoms with E-state index in [9.17, 15) is 9.59 Å². The summed E-state index contributed by atoms with van der Waals surface area (Å²) in [6, 6.07) is 8.46. The fourth-order valence-corrected chi connectivity index (χ4v) is 6.36. The maximum atomic E-state index is 12.7. The van der Waals surface area contributed by atoms with Crippen molar-refractivity contribution in [2.45, 2.75) is 38.1 Å². The van der Waals surface area contributed by atoms with Crippen LogP contribution in [0.15, 0.2) is 24.3 Å². The van der Waals surface area contributed by atoms with Crippen molar-refractivity contribution in [3.05, 3.63) is 35.4 Å². The molecular formula is C20H26N2O2S2. The average Bonchev–Trinajstić information content (AvgIpc) is 3.40. The lowest BCUT2D eigenvalue weighted by Crippen LogP contribution is -2.48. The third kappa shape index (κ3) is 3.91. The molecule has 2 aliphatic heterocycles. The van der Waals surface area contributed by atoms with Crippen molar-refractivity contribution in [3.8, 4) is 0 Å². The van der Waals surface area contributed by atoms with Gasteiger partial charge in [0, 0.05) is 24.5 Å². The van der Waals surface area contributed by atoms with Gasteiger partial charge in [-0.3, -0.25) is 9.59 Å². The van der Waals surface area contributed by atoms with E-state index >= 15 is 0 Å². The van der Waals surface area contributed by atoms with Crippen LogP contribution in [0.3, 0.4) is 0 Å². The molecular weight excluding hydrogens is 364 g/mol. The normalized spacial score (nSPS) is 22.8. The highest BCUT2D eigenvalue weighted by Crippen LogP contribution is 2.30. The van der Waals surface area contributed by atoms with Crippen molar-refractivity contribution in [2.75, 3.05) is 29.8 Å². The van der Waals surface area contributed by atoms with E-state index in [-0.39, 0.29) is 17.9 Å². The molecule has 2 amide bonds. The SMILES string of the molecule is O=C([C@@H]1CSCN1C(=O)CCCC1Cc2ccccc2C1)N1CCSC1. The molecule has 0 unspecified atom stereocenters. The number of carbonyl (C=O) groups excluding carboxylic acids is 2. The van der Waals surface area contributed by atoms with Crippen LogP contribution >= 0.6 is 23.5 Å². The highest BCUT2D eigenvalue weighted by Gasteiger charge is 2.37. The van der Waals surface area contributed by atoms with Crippen molar-refractivity contribution >= 4 is 35.3 Å². The van der Waals surface area contributed by atoms with Crippen LogP contribution in [0.5, 0.6) is 0 Å². The van der Waals surface area contributed by atoms with Gasteiger partial charge in [-0.1, -0.05) is 24.3 Å². The molecule has 1 atom stereocenters. The first-order valence-electron chi connectivity index (χ1n) is 9.53. The van der Waals surface area contributed by atoms with Crippen LogP contribution in [-0.4, -0.2) is 57.5 Å². The number of hydrogen-bond donors (Lipinski definition) is 0. The average molecular weight is 391 g/mol. The van der Waals surface area contributed by atoms with E-state index in [1.54, 1.807) is 23.5 Å². The second-order valence-corrected chi connectivity index (χ2v) is 9.53. The Morgan fingerprint density at radius 2 is 1.85 bits per heavy atom. The quantitative estimate of drug-likeness (QED) is 0.775. The van der Waals surface area contributed by atoms with Gasteiger partial charge < -0.3 is 9.80 Å². The van der Waals surface area contributed by atoms with Crippen LogP contribution < -0.4 is 0 Å². The lowest BCUT2D eigenvalue weighted by molar-refractivity contribution is -0.142. The Kier molecular flexibility index (Phi) is 5.79. The predicted molar refractivity (Wildman–Crippen MR) is 108 cm³/mol. The Morgan fingerprint density at radius 3 is 2.54 bits per heavy atom. The molecule has 0 radical (unpaired) electrons. The van der Waals surface area contributed by atoms with E-state index in [4.69, 9.17) is 0 Å². The van der Waals surface area contributed by atoms with Gasteiger partial charge in [-0.2, -0.15) is 0 Å². The molecule has 2 fully saturated rings. The first kappa shape index (κ1) is 18.2. The molecule has 0 spiro atoms. The summed E-state index contributed by atoms with van der Waals surface area (Å²) >= 11 is 3.50. The number of carbonyl (C=O) groups is 2. The third-order valence-electron chi connectivity index (χ3n) is 5.69. The molecule has 0 aromatic heterocycles. The number of fused-ring (bicyclic) bond motifs is 1. The van der Waals surface area contributed by atoms with E-state index in [0.29, 0.717) is 18.2 Å². The maximum Gasteiger partial charge on any atom is 0.246 e. The van der Waals surface area contributed by atoms with Gasteiger partial charge in [0.25, 0.3) is 0 Å². The van der Waals surface area contributed by atoms with Crippen molar-refractivity contribution in [3.63, 3.8) is 0 Å². The summed E-state index contributed by atoms with van der Waals surface area (Å²) in [5, 5.41) is 0. The van der Waals surface area contributed by atoms with Gasteiger partial charge >= 0.3 is 0 Å². The van der Waals surface area contributed by atoms with Gasteiger partial charge in [0.15, 0.2) is 0 Å². The van der Waals surface area contributed by atoms with E-state index in [2.05, 4.69) is 24.3 Å². The Hall–Kier alpha value is -1.14. The topological polar surface area (TPSA) is 40.6 Å². The van der Waals surface area contributed by atoms with Crippen LogP contribution in [-0.2, 0) is 22.4 Å². The van der Waals surface area contributed by atoms with Gasteiger partial charge in [0.2, 0.25) is 11.8 Å². The monoisotopic (exact) mass is 390 g/mol. The highest BCUT2D eigenvalue weighted by molar-refractivity contribution is 7.99. The molecule has 4 nitrogen and oxygen atoms in total. The van der Waals surface area contributed by atoms with Gasteiger partial charge in [-0.25, -0.2) is 0 Å². The molecule has 0 N–H and O–H groups in total. The second-order valence-electron chi connectivity index (χ2n) is 7.45. The number of benzene rings is 1. The fraction of sp³-hybridized carbons (Fsp3) is 0.600. The summed E-state index contributed by atoms with van der Waals surface area (Å²) in [5.41, 5.74) is 2.96. The molecule has 2 heterocycles. The number of rotatable bonds is 5. The zero-order chi connectivity index (χ0) is 17.9. The Bertz CT molecular complexity index is 651. The fourth-order valence-electron chi connectivity index (χ4n) is 4.23. The molecule has 0 bridgehead atoms. The molecule has 4 rings (SSSR count). The predicted octanol–water partition coefficient (Wildman–Crippen LogP) is 3.01. The van der Waals surface area contributed by atoms with Crippen LogP contribution in [0.1, 0.15) is 30.4 Å². The van der Waals surface area contributed by atoms with Crippen molar-refractivity contribution in [2.24, 2.45) is 5.92 Å². The minimum Gasteiger partial charge on any atom is -0.331 e. The zero-order valence-electron chi connectivity index (χ0n) is 15.1. The molecule has 2 saturated heterocycles. The lowest BCUT2D eigenvalue weighted by atomic mass is 9.98. The summed E-state index contributed by atoms with van der Waals surface area (Å²) < 4.78 is 0. The summed E-state index contributed by atoms with van der Waals surface area (Å²) in [6.45, 7) is 0.828. The molecule has 140 valence electrons. The van der Waals surface area contributed by atoms with Crippen molar-refractivity contribution < 1.29 is 9.59 Å². The molecule has 3 aliphatic rings. The van der Waals surface area contributed by atoms with E-state index in [1.165, 1.54) is 11.1 Å². The summed E-state index contributed by atoms with van der Waals surface area (Å²) in [6.07, 6.45) is 4.91. The maximum absolute atomic E-state index is 12.7. The summed E-state index contributed by atoms with van der Waals surface area (Å²) in [4.78, 5) is 29.1. The highest BCUT2D eigenvalue weighted by atomic mass is 32.2. The second kappa shape index (κ2) is 8.26. The number of hydrogen-bond acceptors (Lipinski definition) is 4. The standard InChI is InChI=1S/C20H26N2O2S2/c23-19(7-3-4-15-10-16-5-1-2-6-17(16)11-15)22-14-26-12-18(22)20(24)21-8-9-25-13-21/h1-2,5-6,15,18H,3-4,7-14H2/t18-/m0/s1. The van der Waals surface area contributed by atoms with Crippen molar-refractivity contribution in [1.29, 1.82) is 0 Å². The van der Waals surface area contributed by atoms with Crippen LogP contribution in [0.4, 0.5) is 0 Å². The lowest BCUT2D eigenvalue weighted by Gasteiger charge is -2.26. The van der Waals surface area contributed by atoms with E-state index < -0.39 is 0 Å². The van der Waals surface area contributed by atoms with Gasteiger partial charge in [-0.15, -0.1) is 23.5 Å². The number of amides is 2. The first-order chi connectivity index (χ1) is 12.7. The zero-order valence-corrected chi connectivity index (χ0v) is 16.7. The molecule has 6 heteroatoms. The largest absolute Gasteiger partial charge is 0.331 e. The molecule has 1 aliphatic carbocycles. The van der Waals surface area contributed by atoms with E-state index in [0.717, 1.165) is 49.6 Å². The van der Waals surface area contributed by atoms with Crippen molar-refractivity contribution in [1.82, 2.24) is 9.80 Å². The van der Waals surface area contributed by atoms with Crippen LogP contribution in [0, 0.1) is 5.92 Å².